The van der Waals surface area contributed by atoms with Gasteiger partial charge in [0.15, 0.2) is 6.10 Å². The molecular formula is C60H97O11P. The van der Waals surface area contributed by atoms with Gasteiger partial charge in [-0.1, -0.05) is 232 Å². The first-order valence-corrected chi connectivity index (χ1v) is 28.9. The molecular weight excluding hydrogens is 928 g/mol. The molecule has 0 aromatic carbocycles. The maximum Gasteiger partial charge on any atom is 0.472 e. The summed E-state index contributed by atoms with van der Waals surface area (Å²) in [5, 5.41) is 9.80. The summed E-state index contributed by atoms with van der Waals surface area (Å²) >= 11 is 0. The van der Waals surface area contributed by atoms with Crippen LogP contribution in [0.3, 0.4) is 0 Å². The van der Waals surface area contributed by atoms with Crippen LogP contribution in [-0.4, -0.2) is 66.5 Å². The third kappa shape index (κ3) is 50.8. The van der Waals surface area contributed by atoms with Gasteiger partial charge in [0, 0.05) is 6.42 Å². The number of allylic oxidation sites excluding steroid dienone is 18. The number of hydrogen-bond acceptors (Lipinski definition) is 10. The molecule has 0 fully saturated rings. The number of phosphoric ester groups is 1. The summed E-state index contributed by atoms with van der Waals surface area (Å²) in [5.41, 5.74) is 0. The van der Waals surface area contributed by atoms with Gasteiger partial charge in [-0.2, -0.15) is 0 Å². The van der Waals surface area contributed by atoms with Crippen molar-refractivity contribution in [3.63, 3.8) is 0 Å². The van der Waals surface area contributed by atoms with Crippen molar-refractivity contribution in [2.75, 3.05) is 26.4 Å². The first-order valence-electron chi connectivity index (χ1n) is 27.4. The van der Waals surface area contributed by atoms with Crippen LogP contribution in [0.25, 0.3) is 0 Å². The summed E-state index contributed by atoms with van der Waals surface area (Å²) in [6.07, 6.45) is 65.1. The molecule has 3 unspecified atom stereocenters. The number of aliphatic hydroxyl groups is 1. The fourth-order valence-electron chi connectivity index (χ4n) is 6.86. The molecule has 0 heterocycles. The van der Waals surface area contributed by atoms with Gasteiger partial charge in [-0.25, -0.2) is 4.57 Å². The molecule has 11 nitrogen and oxygen atoms in total. The Bertz CT molecular complexity index is 1670. The molecule has 0 aliphatic heterocycles. The average molecular weight is 1030 g/mol. The van der Waals surface area contributed by atoms with Crippen molar-refractivity contribution >= 4 is 25.7 Å². The Hall–Kier alpha value is -4.12. The first kappa shape index (κ1) is 67.9. The van der Waals surface area contributed by atoms with E-state index in [4.69, 9.17) is 23.3 Å². The summed E-state index contributed by atoms with van der Waals surface area (Å²) < 4.78 is 39.2. The number of phosphoric acid groups is 1. The SMILES string of the molecule is CC/C=C\C/C=C\C/C=C\C/C=C\C/C=C\CC(=O)OCC(COP(=O)(O)OCC(CO)OC(=O)CCCCCCCCCCCCCCCCC)OC(=O)C/C=C\C/C=C\C/C=C\C/C=C\C/C=C\CC. The maximum absolute atomic E-state index is 12.9. The van der Waals surface area contributed by atoms with Gasteiger partial charge in [0.25, 0.3) is 0 Å². The zero-order chi connectivity index (χ0) is 52.7. The quantitative estimate of drug-likeness (QED) is 0.0197. The van der Waals surface area contributed by atoms with Gasteiger partial charge in [0.1, 0.15) is 12.7 Å². The fourth-order valence-corrected chi connectivity index (χ4v) is 7.64. The van der Waals surface area contributed by atoms with E-state index >= 15 is 0 Å². The molecule has 0 spiro atoms. The van der Waals surface area contributed by atoms with Gasteiger partial charge in [-0.3, -0.25) is 23.4 Å². The zero-order valence-corrected chi connectivity index (χ0v) is 45.7. The second-order valence-corrected chi connectivity index (χ2v) is 19.1. The second-order valence-electron chi connectivity index (χ2n) is 17.7. The molecule has 0 radical (unpaired) electrons. The van der Waals surface area contributed by atoms with Crippen LogP contribution in [0.15, 0.2) is 122 Å². The minimum absolute atomic E-state index is 0.0304. The summed E-state index contributed by atoms with van der Waals surface area (Å²) in [6.45, 7) is 4.18. The van der Waals surface area contributed by atoms with Crippen molar-refractivity contribution < 1.29 is 52.2 Å². The molecule has 12 heteroatoms. The highest BCUT2D eigenvalue weighted by Crippen LogP contribution is 2.43. The summed E-state index contributed by atoms with van der Waals surface area (Å²) in [4.78, 5) is 48.3. The van der Waals surface area contributed by atoms with Gasteiger partial charge < -0.3 is 24.2 Å². The average Bonchev–Trinajstić information content (AvgIpc) is 3.37. The van der Waals surface area contributed by atoms with Crippen molar-refractivity contribution in [3.05, 3.63) is 122 Å². The minimum atomic E-state index is -4.79. The number of ether oxygens (including phenoxy) is 3. The molecule has 2 N–H and O–H groups in total. The van der Waals surface area contributed by atoms with Crippen molar-refractivity contribution in [1.29, 1.82) is 0 Å². The Balaban J connectivity index is 4.93. The number of aliphatic hydroxyl groups excluding tert-OH is 1. The summed E-state index contributed by atoms with van der Waals surface area (Å²) in [7, 11) is -4.79. The lowest BCUT2D eigenvalue weighted by atomic mass is 10.0. The maximum atomic E-state index is 12.9. The molecule has 0 bridgehead atoms. The van der Waals surface area contributed by atoms with Crippen molar-refractivity contribution in [2.45, 2.75) is 213 Å². The molecule has 0 amide bonds. The van der Waals surface area contributed by atoms with E-state index < -0.39 is 64.4 Å². The predicted octanol–water partition coefficient (Wildman–Crippen LogP) is 16.0. The minimum Gasteiger partial charge on any atom is -0.461 e. The molecule has 0 rings (SSSR count). The lowest BCUT2D eigenvalue weighted by Gasteiger charge is -2.21. The van der Waals surface area contributed by atoms with Crippen LogP contribution in [0.4, 0.5) is 0 Å². The standard InChI is InChI=1S/C60H97O11P/c1-4-7-10-13-16-19-22-25-28-31-34-37-40-43-46-49-58(62)67-53-57(71-60(64)51-48-45-42-39-36-33-30-27-24-21-18-15-12-9-6-3)55-69-72(65,66)68-54-56(52-61)70-59(63)50-47-44-41-38-35-32-29-26-23-20-17-14-11-8-5-2/h7,9-10,12,16,18-19,21,25,27-28,30,34,36-37,39,43,45-46,48,56-57,61H,4-6,8,11,13-15,17,20,22-24,26,29,31-33,35,38,40-42,44,47,49-55H2,1-3H3,(H,65,66)/b10-7-,12-9-,19-16-,21-18-,28-25-,30-27-,37-34-,39-36-,46-43-,48-45-. The van der Waals surface area contributed by atoms with Gasteiger partial charge in [0.05, 0.1) is 32.7 Å². The zero-order valence-electron chi connectivity index (χ0n) is 44.8. The molecule has 0 aromatic heterocycles. The Morgan fingerprint density at radius 1 is 0.403 bits per heavy atom. The van der Waals surface area contributed by atoms with Crippen molar-refractivity contribution in [1.82, 2.24) is 0 Å². The number of unbranched alkanes of at least 4 members (excludes halogenated alkanes) is 14. The van der Waals surface area contributed by atoms with Crippen LogP contribution >= 0.6 is 7.82 Å². The highest BCUT2D eigenvalue weighted by Gasteiger charge is 2.28. The topological polar surface area (TPSA) is 155 Å². The van der Waals surface area contributed by atoms with Crippen LogP contribution in [0.1, 0.15) is 201 Å². The van der Waals surface area contributed by atoms with E-state index in [1.165, 1.54) is 70.6 Å². The lowest BCUT2D eigenvalue weighted by molar-refractivity contribution is -0.160. The Morgan fingerprint density at radius 3 is 1.10 bits per heavy atom. The second kappa shape index (κ2) is 53.2. The summed E-state index contributed by atoms with van der Waals surface area (Å²) in [6, 6.07) is 0. The number of esters is 3. The van der Waals surface area contributed by atoms with Crippen molar-refractivity contribution in [2.24, 2.45) is 0 Å². The highest BCUT2D eigenvalue weighted by molar-refractivity contribution is 7.47. The Labute approximate surface area is 437 Å². The number of rotatable bonds is 49. The van der Waals surface area contributed by atoms with Crippen LogP contribution in [0.5, 0.6) is 0 Å². The van der Waals surface area contributed by atoms with Gasteiger partial charge in [-0.15, -0.1) is 0 Å². The molecule has 0 aliphatic carbocycles. The number of carbonyl (C=O) groups excluding carboxylic acids is 3. The predicted molar refractivity (Wildman–Crippen MR) is 297 cm³/mol. The number of carbonyl (C=O) groups is 3. The molecule has 72 heavy (non-hydrogen) atoms. The molecule has 408 valence electrons. The van der Waals surface area contributed by atoms with E-state index in [0.717, 1.165) is 70.6 Å². The van der Waals surface area contributed by atoms with E-state index in [1.807, 2.05) is 36.5 Å². The highest BCUT2D eigenvalue weighted by atomic mass is 31.2. The number of hydrogen-bond donors (Lipinski definition) is 2. The third-order valence-corrected chi connectivity index (χ3v) is 11.9. The molecule has 3 atom stereocenters. The molecule has 0 saturated carbocycles. The van der Waals surface area contributed by atoms with E-state index in [2.05, 4.69) is 93.7 Å². The fraction of sp³-hybridized carbons (Fsp3) is 0.617. The molecule has 0 aromatic rings. The first-order chi connectivity index (χ1) is 35.2. The van der Waals surface area contributed by atoms with E-state index in [9.17, 15) is 28.9 Å². The van der Waals surface area contributed by atoms with Crippen LogP contribution in [-0.2, 0) is 42.2 Å². The van der Waals surface area contributed by atoms with E-state index in [1.54, 1.807) is 12.2 Å². The van der Waals surface area contributed by atoms with E-state index in [-0.39, 0.29) is 19.3 Å². The monoisotopic (exact) mass is 1020 g/mol. The lowest BCUT2D eigenvalue weighted by Crippen LogP contribution is -2.30. The molecule has 0 saturated heterocycles. The van der Waals surface area contributed by atoms with Gasteiger partial charge >= 0.3 is 25.7 Å². The smallest absolute Gasteiger partial charge is 0.461 e. The molecule has 0 aliphatic rings. The summed E-state index contributed by atoms with van der Waals surface area (Å²) in [5.74, 6) is -1.78. The van der Waals surface area contributed by atoms with Gasteiger partial charge in [0.2, 0.25) is 0 Å². The van der Waals surface area contributed by atoms with Crippen LogP contribution < -0.4 is 0 Å². The van der Waals surface area contributed by atoms with Crippen LogP contribution in [0, 0.1) is 0 Å². The van der Waals surface area contributed by atoms with Crippen LogP contribution in [0.2, 0.25) is 0 Å². The van der Waals surface area contributed by atoms with E-state index in [0.29, 0.717) is 19.3 Å². The third-order valence-electron chi connectivity index (χ3n) is 10.9. The van der Waals surface area contributed by atoms with Crippen molar-refractivity contribution in [3.8, 4) is 0 Å². The normalized spacial score (nSPS) is 14.3. The van der Waals surface area contributed by atoms with Gasteiger partial charge in [-0.05, 0) is 70.6 Å². The Morgan fingerprint density at radius 2 is 0.722 bits per heavy atom. The largest absolute Gasteiger partial charge is 0.472 e. The Kier molecular flexibility index (Phi) is 50.1.